The monoisotopic (exact) mass is 348 g/mol. The molecule has 3 rings (SSSR count). The normalized spacial score (nSPS) is 20.1. The second-order valence-corrected chi connectivity index (χ2v) is 7.51. The van der Waals surface area contributed by atoms with Crippen LogP contribution in [0.15, 0.2) is 24.3 Å². The zero-order valence-corrected chi connectivity index (χ0v) is 14.6. The van der Waals surface area contributed by atoms with Crippen molar-refractivity contribution in [1.82, 2.24) is 20.4 Å². The molecule has 2 unspecified atom stereocenters. The lowest BCUT2D eigenvalue weighted by Crippen LogP contribution is -2.41. The maximum atomic E-state index is 13.9. The lowest BCUT2D eigenvalue weighted by molar-refractivity contribution is 0.202. The summed E-state index contributed by atoms with van der Waals surface area (Å²) in [4.78, 5) is 13.9. The molecule has 1 fully saturated rings. The van der Waals surface area contributed by atoms with Crippen LogP contribution in [0.25, 0.3) is 0 Å². The molecule has 1 aliphatic carbocycles. The Kier molecular flexibility index (Phi) is 5.08. The van der Waals surface area contributed by atoms with Gasteiger partial charge in [-0.25, -0.2) is 9.18 Å². The average molecular weight is 348 g/mol. The Morgan fingerprint density at radius 3 is 2.88 bits per heavy atom. The van der Waals surface area contributed by atoms with Crippen LogP contribution >= 0.6 is 11.3 Å². The highest BCUT2D eigenvalue weighted by atomic mass is 32.1. The van der Waals surface area contributed by atoms with Crippen molar-refractivity contribution in [2.24, 2.45) is 0 Å². The van der Waals surface area contributed by atoms with Gasteiger partial charge in [-0.05, 0) is 43.7 Å². The van der Waals surface area contributed by atoms with Crippen molar-refractivity contribution < 1.29 is 9.18 Å². The third-order valence-corrected chi connectivity index (χ3v) is 5.22. The summed E-state index contributed by atoms with van der Waals surface area (Å²) in [6.45, 7) is 2.34. The molecule has 1 aromatic carbocycles. The van der Waals surface area contributed by atoms with Crippen molar-refractivity contribution in [3.63, 3.8) is 0 Å². The predicted octanol–water partition coefficient (Wildman–Crippen LogP) is 3.46. The predicted molar refractivity (Wildman–Crippen MR) is 91.4 cm³/mol. The zero-order chi connectivity index (χ0) is 17.1. The van der Waals surface area contributed by atoms with E-state index in [0.29, 0.717) is 6.54 Å². The molecule has 1 aliphatic rings. The first-order chi connectivity index (χ1) is 11.5. The number of rotatable bonds is 4. The third-order valence-electron chi connectivity index (χ3n) is 4.39. The fourth-order valence-electron chi connectivity index (χ4n) is 3.16. The number of urea groups is 1. The molecular formula is C17H21FN4OS. The van der Waals surface area contributed by atoms with Crippen molar-refractivity contribution in [3.8, 4) is 0 Å². The van der Waals surface area contributed by atoms with Crippen LogP contribution in [0.3, 0.4) is 0 Å². The number of halogens is 1. The number of hydrogen-bond acceptors (Lipinski definition) is 4. The number of nitrogens with one attached hydrogen (secondary N) is 1. The summed E-state index contributed by atoms with van der Waals surface area (Å²) >= 11 is 1.49. The van der Waals surface area contributed by atoms with Gasteiger partial charge in [-0.3, -0.25) is 0 Å². The highest BCUT2D eigenvalue weighted by molar-refractivity contribution is 7.11. The van der Waals surface area contributed by atoms with Crippen LogP contribution in [0, 0.1) is 12.7 Å². The van der Waals surface area contributed by atoms with Gasteiger partial charge in [0, 0.05) is 13.1 Å². The van der Waals surface area contributed by atoms with Crippen molar-refractivity contribution in [1.29, 1.82) is 0 Å². The molecule has 2 atom stereocenters. The SMILES string of the molecule is Cc1nnc(CN(C)C(=O)NC2CCC(c3ccccc3F)C2)s1. The molecule has 1 saturated carbocycles. The Morgan fingerprint density at radius 1 is 1.38 bits per heavy atom. The Balaban J connectivity index is 1.53. The van der Waals surface area contributed by atoms with Crippen LogP contribution in [0.4, 0.5) is 9.18 Å². The fourth-order valence-corrected chi connectivity index (χ4v) is 3.92. The Hall–Kier alpha value is -2.02. The molecule has 0 spiro atoms. The van der Waals surface area contributed by atoms with Gasteiger partial charge < -0.3 is 10.2 Å². The average Bonchev–Trinajstić information content (AvgIpc) is 3.17. The number of hydrogen-bond donors (Lipinski definition) is 1. The number of carbonyl (C=O) groups is 1. The molecule has 7 heteroatoms. The van der Waals surface area contributed by atoms with Gasteiger partial charge in [0.05, 0.1) is 6.54 Å². The quantitative estimate of drug-likeness (QED) is 0.920. The molecule has 2 amide bonds. The molecule has 5 nitrogen and oxygen atoms in total. The lowest BCUT2D eigenvalue weighted by Gasteiger charge is -2.20. The fraction of sp³-hybridized carbons (Fsp3) is 0.471. The first-order valence-corrected chi connectivity index (χ1v) is 8.89. The van der Waals surface area contributed by atoms with Crippen LogP contribution < -0.4 is 5.32 Å². The highest BCUT2D eigenvalue weighted by Gasteiger charge is 2.29. The van der Waals surface area contributed by atoms with Crippen LogP contribution in [-0.2, 0) is 6.54 Å². The van der Waals surface area contributed by atoms with Crippen molar-refractivity contribution in [2.75, 3.05) is 7.05 Å². The maximum Gasteiger partial charge on any atom is 0.317 e. The second kappa shape index (κ2) is 7.25. The molecule has 0 saturated heterocycles. The van der Waals surface area contributed by atoms with E-state index in [1.807, 2.05) is 19.1 Å². The summed E-state index contributed by atoms with van der Waals surface area (Å²) in [5.74, 6) is 0.0193. The maximum absolute atomic E-state index is 13.9. The molecule has 2 aromatic rings. The molecule has 0 radical (unpaired) electrons. The van der Waals surface area contributed by atoms with Crippen molar-refractivity contribution in [2.45, 2.75) is 44.7 Å². The van der Waals surface area contributed by atoms with Crippen LogP contribution in [0.2, 0.25) is 0 Å². The second-order valence-electron chi connectivity index (χ2n) is 6.25. The van der Waals surface area contributed by atoms with E-state index < -0.39 is 0 Å². The Labute approximate surface area is 144 Å². The summed E-state index contributed by atoms with van der Waals surface area (Å²) in [5.41, 5.74) is 0.756. The number of nitrogens with zero attached hydrogens (tertiary/aromatic N) is 3. The number of carbonyl (C=O) groups excluding carboxylic acids is 1. The van der Waals surface area contributed by atoms with E-state index in [0.717, 1.165) is 34.8 Å². The standard InChI is InChI=1S/C17H21FN4OS/c1-11-20-21-16(24-11)10-22(2)17(23)19-13-8-7-12(9-13)14-5-3-4-6-15(14)18/h3-6,12-13H,7-10H2,1-2H3,(H,19,23). The van der Waals surface area contributed by atoms with E-state index in [1.165, 1.54) is 17.4 Å². The van der Waals surface area contributed by atoms with Gasteiger partial charge in [-0.1, -0.05) is 29.5 Å². The molecule has 1 aromatic heterocycles. The Bertz CT molecular complexity index is 720. The minimum Gasteiger partial charge on any atom is -0.335 e. The number of aryl methyl sites for hydroxylation is 1. The molecule has 24 heavy (non-hydrogen) atoms. The van der Waals surface area contributed by atoms with Crippen molar-refractivity contribution >= 4 is 17.4 Å². The van der Waals surface area contributed by atoms with Gasteiger partial charge in [0.2, 0.25) is 0 Å². The van der Waals surface area contributed by atoms with Gasteiger partial charge in [0.15, 0.2) is 0 Å². The van der Waals surface area contributed by atoms with Gasteiger partial charge in [0.25, 0.3) is 0 Å². The topological polar surface area (TPSA) is 58.1 Å². The number of benzene rings is 1. The van der Waals surface area contributed by atoms with E-state index in [9.17, 15) is 9.18 Å². The van der Waals surface area contributed by atoms with Crippen molar-refractivity contribution in [3.05, 3.63) is 45.7 Å². The van der Waals surface area contributed by atoms with E-state index in [-0.39, 0.29) is 23.8 Å². The third kappa shape index (κ3) is 3.90. The number of aromatic nitrogens is 2. The molecular weight excluding hydrogens is 327 g/mol. The summed E-state index contributed by atoms with van der Waals surface area (Å²) < 4.78 is 13.9. The summed E-state index contributed by atoms with van der Waals surface area (Å²) in [6, 6.07) is 6.87. The lowest BCUT2D eigenvalue weighted by atomic mass is 9.97. The molecule has 1 heterocycles. The summed E-state index contributed by atoms with van der Waals surface area (Å²) in [5, 5.41) is 12.8. The molecule has 0 aliphatic heterocycles. The van der Waals surface area contributed by atoms with Gasteiger partial charge in [-0.2, -0.15) is 0 Å². The smallest absolute Gasteiger partial charge is 0.317 e. The van der Waals surface area contributed by atoms with E-state index in [4.69, 9.17) is 0 Å². The van der Waals surface area contributed by atoms with E-state index >= 15 is 0 Å². The minimum atomic E-state index is -0.154. The zero-order valence-electron chi connectivity index (χ0n) is 13.8. The number of amides is 2. The van der Waals surface area contributed by atoms with Crippen LogP contribution in [0.5, 0.6) is 0 Å². The summed E-state index contributed by atoms with van der Waals surface area (Å²) in [6.07, 6.45) is 2.54. The van der Waals surface area contributed by atoms with Gasteiger partial charge in [-0.15, -0.1) is 10.2 Å². The van der Waals surface area contributed by atoms with E-state index in [2.05, 4.69) is 15.5 Å². The minimum absolute atomic E-state index is 0.0840. The van der Waals surface area contributed by atoms with Gasteiger partial charge in [0.1, 0.15) is 15.8 Å². The molecule has 0 bridgehead atoms. The Morgan fingerprint density at radius 2 is 2.17 bits per heavy atom. The largest absolute Gasteiger partial charge is 0.335 e. The first-order valence-electron chi connectivity index (χ1n) is 8.08. The molecule has 128 valence electrons. The first kappa shape index (κ1) is 16.8. The van der Waals surface area contributed by atoms with Gasteiger partial charge >= 0.3 is 6.03 Å². The van der Waals surface area contributed by atoms with Crippen LogP contribution in [-0.4, -0.2) is 34.2 Å². The molecule has 1 N–H and O–H groups in total. The highest BCUT2D eigenvalue weighted by Crippen LogP contribution is 2.35. The van der Waals surface area contributed by atoms with Crippen LogP contribution in [0.1, 0.15) is 40.8 Å². The van der Waals surface area contributed by atoms with E-state index in [1.54, 1.807) is 18.0 Å². The summed E-state index contributed by atoms with van der Waals surface area (Å²) in [7, 11) is 1.75.